The van der Waals surface area contributed by atoms with Crippen LogP contribution in [-0.4, -0.2) is 13.0 Å². The van der Waals surface area contributed by atoms with E-state index in [1.54, 1.807) is 19.9 Å². The number of halogens is 2. The second-order valence-electron chi connectivity index (χ2n) is 3.37. The third-order valence-corrected chi connectivity index (χ3v) is 2.77. The van der Waals surface area contributed by atoms with Crippen molar-refractivity contribution in [2.24, 2.45) is 0 Å². The SMILES string of the molecule is Cc1cc(C)cc(C(F)(F)S(=O)(=O)O)c1. The molecular formula is C9H10F2O3S. The van der Waals surface area contributed by atoms with Gasteiger partial charge in [0.15, 0.2) is 0 Å². The number of benzene rings is 1. The quantitative estimate of drug-likeness (QED) is 0.801. The summed E-state index contributed by atoms with van der Waals surface area (Å²) >= 11 is 0. The van der Waals surface area contributed by atoms with Gasteiger partial charge in [0.05, 0.1) is 0 Å². The molecule has 0 amide bonds. The molecule has 0 spiro atoms. The van der Waals surface area contributed by atoms with Crippen LogP contribution in [-0.2, 0) is 15.4 Å². The van der Waals surface area contributed by atoms with Crippen LogP contribution in [0.3, 0.4) is 0 Å². The summed E-state index contributed by atoms with van der Waals surface area (Å²) in [6, 6.07) is 3.69. The van der Waals surface area contributed by atoms with Gasteiger partial charge in [-0.05, 0) is 26.0 Å². The van der Waals surface area contributed by atoms with E-state index in [2.05, 4.69) is 0 Å². The average Bonchev–Trinajstić information content (AvgIpc) is 1.99. The molecule has 15 heavy (non-hydrogen) atoms. The van der Waals surface area contributed by atoms with E-state index in [-0.39, 0.29) is 0 Å². The van der Waals surface area contributed by atoms with Gasteiger partial charge in [-0.3, -0.25) is 4.55 Å². The summed E-state index contributed by atoms with van der Waals surface area (Å²) in [5, 5.41) is -4.26. The fourth-order valence-corrected chi connectivity index (χ4v) is 1.71. The summed E-state index contributed by atoms with van der Waals surface area (Å²) in [6.07, 6.45) is 0. The number of rotatable bonds is 2. The van der Waals surface area contributed by atoms with Crippen molar-refractivity contribution < 1.29 is 21.8 Å². The first-order valence-electron chi connectivity index (χ1n) is 4.08. The van der Waals surface area contributed by atoms with Gasteiger partial charge in [0.25, 0.3) is 0 Å². The van der Waals surface area contributed by atoms with E-state index in [0.29, 0.717) is 11.1 Å². The van der Waals surface area contributed by atoms with Crippen LogP contribution in [0.2, 0.25) is 0 Å². The van der Waals surface area contributed by atoms with Crippen molar-refractivity contribution >= 4 is 10.1 Å². The van der Waals surface area contributed by atoms with Crippen LogP contribution >= 0.6 is 0 Å². The maximum Gasteiger partial charge on any atom is 0.395 e. The summed E-state index contributed by atoms with van der Waals surface area (Å²) in [5.74, 6) is 0. The summed E-state index contributed by atoms with van der Waals surface area (Å²) in [7, 11) is -5.42. The number of alkyl halides is 2. The van der Waals surface area contributed by atoms with E-state index in [4.69, 9.17) is 4.55 Å². The van der Waals surface area contributed by atoms with Gasteiger partial charge in [-0.1, -0.05) is 17.2 Å². The Morgan fingerprint density at radius 1 is 1.13 bits per heavy atom. The predicted octanol–water partition coefficient (Wildman–Crippen LogP) is 2.24. The van der Waals surface area contributed by atoms with Crippen molar-refractivity contribution in [2.45, 2.75) is 19.1 Å². The maximum atomic E-state index is 13.2. The summed E-state index contributed by atoms with van der Waals surface area (Å²) in [5.41, 5.74) is 0.296. The zero-order valence-corrected chi connectivity index (χ0v) is 8.98. The standard InChI is InChI=1S/C9H10F2O3S/c1-6-3-7(2)5-8(4-6)9(10,11)15(12,13)14/h3-5H,1-2H3,(H,12,13,14). The molecule has 84 valence electrons. The Labute approximate surface area is 86.5 Å². The molecule has 0 bridgehead atoms. The molecule has 0 aliphatic carbocycles. The lowest BCUT2D eigenvalue weighted by Crippen LogP contribution is -2.25. The Morgan fingerprint density at radius 3 is 1.87 bits per heavy atom. The molecule has 0 fully saturated rings. The third kappa shape index (κ3) is 2.32. The highest BCUT2D eigenvalue weighted by Crippen LogP contribution is 2.34. The molecule has 1 N–H and O–H groups in total. The summed E-state index contributed by atoms with van der Waals surface area (Å²) in [4.78, 5) is 0. The Kier molecular flexibility index (Phi) is 2.84. The van der Waals surface area contributed by atoms with Crippen LogP contribution in [0.25, 0.3) is 0 Å². The average molecular weight is 236 g/mol. The van der Waals surface area contributed by atoms with E-state index in [9.17, 15) is 17.2 Å². The molecule has 1 aromatic rings. The zero-order chi connectivity index (χ0) is 11.9. The van der Waals surface area contributed by atoms with Gasteiger partial charge >= 0.3 is 15.4 Å². The van der Waals surface area contributed by atoms with Gasteiger partial charge in [0.2, 0.25) is 0 Å². The number of aryl methyl sites for hydroxylation is 2. The molecule has 3 nitrogen and oxygen atoms in total. The molecule has 0 radical (unpaired) electrons. The Balaban J connectivity index is 3.40. The number of hydrogen-bond acceptors (Lipinski definition) is 2. The van der Waals surface area contributed by atoms with E-state index < -0.39 is 20.9 Å². The van der Waals surface area contributed by atoms with Crippen molar-refractivity contribution in [3.63, 3.8) is 0 Å². The largest absolute Gasteiger partial charge is 0.395 e. The Hall–Kier alpha value is -1.01. The van der Waals surface area contributed by atoms with Crippen LogP contribution < -0.4 is 0 Å². The summed E-state index contributed by atoms with van der Waals surface area (Å²) < 4.78 is 55.7. The normalized spacial score (nSPS) is 12.9. The van der Waals surface area contributed by atoms with Gasteiger partial charge in [0, 0.05) is 5.56 Å². The lowest BCUT2D eigenvalue weighted by Gasteiger charge is -2.14. The minimum Gasteiger partial charge on any atom is -0.281 e. The highest BCUT2D eigenvalue weighted by molar-refractivity contribution is 7.86. The minimum absolute atomic E-state index is 0.508. The van der Waals surface area contributed by atoms with E-state index >= 15 is 0 Å². The lowest BCUT2D eigenvalue weighted by molar-refractivity contribution is 0.0789. The van der Waals surface area contributed by atoms with Crippen LogP contribution in [0.4, 0.5) is 8.78 Å². The number of hydrogen-bond donors (Lipinski definition) is 1. The van der Waals surface area contributed by atoms with E-state index in [0.717, 1.165) is 12.1 Å². The second kappa shape index (κ2) is 3.53. The van der Waals surface area contributed by atoms with E-state index in [1.165, 1.54) is 0 Å². The molecule has 0 atom stereocenters. The molecule has 0 saturated heterocycles. The smallest absolute Gasteiger partial charge is 0.281 e. The van der Waals surface area contributed by atoms with Crippen LogP contribution in [0.15, 0.2) is 18.2 Å². The van der Waals surface area contributed by atoms with Gasteiger partial charge in [-0.2, -0.15) is 17.2 Å². The molecule has 0 aromatic heterocycles. The third-order valence-electron chi connectivity index (χ3n) is 1.88. The molecule has 6 heteroatoms. The lowest BCUT2D eigenvalue weighted by atomic mass is 10.1. The minimum atomic E-state index is -5.42. The van der Waals surface area contributed by atoms with Gasteiger partial charge in [-0.15, -0.1) is 0 Å². The van der Waals surface area contributed by atoms with Crippen molar-refractivity contribution in [2.75, 3.05) is 0 Å². The van der Waals surface area contributed by atoms with Crippen molar-refractivity contribution in [1.29, 1.82) is 0 Å². The molecule has 0 saturated carbocycles. The maximum absolute atomic E-state index is 13.2. The first-order chi connectivity index (χ1) is 6.64. The van der Waals surface area contributed by atoms with Crippen molar-refractivity contribution in [1.82, 2.24) is 0 Å². The van der Waals surface area contributed by atoms with Crippen LogP contribution in [0.1, 0.15) is 16.7 Å². The highest BCUT2D eigenvalue weighted by atomic mass is 32.2. The summed E-state index contributed by atoms with van der Waals surface area (Å²) in [6.45, 7) is 3.13. The van der Waals surface area contributed by atoms with Gasteiger partial charge in [-0.25, -0.2) is 0 Å². The first kappa shape index (κ1) is 12.1. The van der Waals surface area contributed by atoms with Crippen LogP contribution in [0.5, 0.6) is 0 Å². The van der Waals surface area contributed by atoms with Crippen molar-refractivity contribution in [3.8, 4) is 0 Å². The predicted molar refractivity (Wildman–Crippen MR) is 51.4 cm³/mol. The second-order valence-corrected chi connectivity index (χ2v) is 4.83. The fraction of sp³-hybridized carbons (Fsp3) is 0.333. The Bertz CT molecular complexity index is 460. The molecule has 1 rings (SSSR count). The van der Waals surface area contributed by atoms with Crippen molar-refractivity contribution in [3.05, 3.63) is 34.9 Å². The topological polar surface area (TPSA) is 54.4 Å². The molecule has 0 unspecified atom stereocenters. The Morgan fingerprint density at radius 2 is 1.53 bits per heavy atom. The molecular weight excluding hydrogens is 226 g/mol. The van der Waals surface area contributed by atoms with E-state index in [1.807, 2.05) is 0 Å². The first-order valence-corrected chi connectivity index (χ1v) is 5.52. The molecule has 0 heterocycles. The highest BCUT2D eigenvalue weighted by Gasteiger charge is 2.46. The molecule has 0 aliphatic heterocycles. The molecule has 1 aromatic carbocycles. The monoisotopic (exact) mass is 236 g/mol. The molecule has 0 aliphatic rings. The fourth-order valence-electron chi connectivity index (χ4n) is 1.29. The van der Waals surface area contributed by atoms with Crippen LogP contribution in [0, 0.1) is 13.8 Å². The van der Waals surface area contributed by atoms with Gasteiger partial charge in [0.1, 0.15) is 0 Å². The zero-order valence-electron chi connectivity index (χ0n) is 8.16. The van der Waals surface area contributed by atoms with Gasteiger partial charge < -0.3 is 0 Å².